The summed E-state index contributed by atoms with van der Waals surface area (Å²) in [6.07, 6.45) is 11.6. The number of rotatable bonds is 7. The Kier molecular flexibility index (Phi) is 5.40. The molecule has 40 heavy (non-hydrogen) atoms. The van der Waals surface area contributed by atoms with Gasteiger partial charge in [0.05, 0.1) is 60.1 Å². The fraction of sp³-hybridized carbons (Fsp3) is 0.192. The predicted octanol–water partition coefficient (Wildman–Crippen LogP) is 1.70. The summed E-state index contributed by atoms with van der Waals surface area (Å²) in [5, 5.41) is 11.7. The van der Waals surface area contributed by atoms with E-state index in [9.17, 15) is 9.59 Å². The smallest absolute Gasteiger partial charge is 0.354 e. The third-order valence-electron chi connectivity index (χ3n) is 6.80. The van der Waals surface area contributed by atoms with E-state index in [-0.39, 0.29) is 23.6 Å². The number of pyridine rings is 1. The average Bonchev–Trinajstić information content (AvgIpc) is 3.34. The summed E-state index contributed by atoms with van der Waals surface area (Å²) in [5.74, 6) is -0.492. The molecule has 0 atom stereocenters. The Labute approximate surface area is 224 Å². The predicted molar refractivity (Wildman–Crippen MR) is 140 cm³/mol. The van der Waals surface area contributed by atoms with Crippen molar-refractivity contribution in [1.29, 1.82) is 0 Å². The third kappa shape index (κ3) is 4.24. The Balaban J connectivity index is 1.06. The topological polar surface area (TPSA) is 155 Å². The number of hydrogen-bond acceptors (Lipinski definition) is 8. The van der Waals surface area contributed by atoms with Gasteiger partial charge >= 0.3 is 5.69 Å². The fourth-order valence-electron chi connectivity index (χ4n) is 4.63. The molecule has 1 aliphatic carbocycles. The molecule has 1 fully saturated rings. The Morgan fingerprint density at radius 3 is 2.83 bits per heavy atom. The zero-order valence-corrected chi connectivity index (χ0v) is 21.0. The second-order valence-electron chi connectivity index (χ2n) is 9.64. The van der Waals surface area contributed by atoms with Gasteiger partial charge in [0.2, 0.25) is 0 Å². The summed E-state index contributed by atoms with van der Waals surface area (Å²) >= 11 is 0. The first-order valence-electron chi connectivity index (χ1n) is 12.6. The van der Waals surface area contributed by atoms with Crippen molar-refractivity contribution >= 4 is 22.9 Å². The third-order valence-corrected chi connectivity index (χ3v) is 6.80. The van der Waals surface area contributed by atoms with Gasteiger partial charge in [0.15, 0.2) is 11.5 Å². The molecular formula is C26H22FN11O2. The Morgan fingerprint density at radius 2 is 2.00 bits per heavy atom. The molecule has 0 aliphatic heterocycles. The largest absolute Gasteiger partial charge is 0.383 e. The van der Waals surface area contributed by atoms with Crippen molar-refractivity contribution in [2.45, 2.75) is 31.8 Å². The molecule has 0 aromatic carbocycles. The van der Waals surface area contributed by atoms with Crippen LogP contribution in [-0.2, 0) is 13.1 Å². The van der Waals surface area contributed by atoms with Crippen LogP contribution in [0, 0.1) is 5.82 Å². The molecule has 7 rings (SSSR count). The molecule has 0 unspecified atom stereocenters. The number of carbonyl (C=O) groups excluding carboxylic acids is 1. The number of carbonyl (C=O) groups is 1. The van der Waals surface area contributed by atoms with Crippen LogP contribution in [0.3, 0.4) is 0 Å². The molecule has 200 valence electrons. The number of nitrogens with zero attached hydrogens (tertiary/aromatic N) is 9. The first-order chi connectivity index (χ1) is 19.4. The minimum absolute atomic E-state index is 0.00902. The first-order valence-corrected chi connectivity index (χ1v) is 12.6. The van der Waals surface area contributed by atoms with Crippen LogP contribution in [0.4, 0.5) is 10.2 Å². The maximum absolute atomic E-state index is 15.5. The van der Waals surface area contributed by atoms with E-state index in [1.165, 1.54) is 48.1 Å². The van der Waals surface area contributed by atoms with E-state index in [1.54, 1.807) is 21.6 Å². The van der Waals surface area contributed by atoms with Crippen molar-refractivity contribution in [3.05, 3.63) is 101 Å². The van der Waals surface area contributed by atoms with E-state index in [0.717, 1.165) is 21.6 Å². The van der Waals surface area contributed by atoms with Gasteiger partial charge in [-0.15, -0.1) is 0 Å². The molecule has 1 saturated carbocycles. The number of nitrogens with two attached hydrogens (primary N) is 1. The maximum Gasteiger partial charge on any atom is 0.354 e. The van der Waals surface area contributed by atoms with Crippen LogP contribution in [0.25, 0.3) is 16.9 Å². The Bertz CT molecular complexity index is 1980. The quantitative estimate of drug-likeness (QED) is 0.311. The molecule has 0 radical (unpaired) electrons. The summed E-state index contributed by atoms with van der Waals surface area (Å²) in [6, 6.07) is 6.82. The summed E-state index contributed by atoms with van der Waals surface area (Å²) < 4.78 is 21.4. The second kappa shape index (κ2) is 9.11. The van der Waals surface area contributed by atoms with Crippen LogP contribution in [0.5, 0.6) is 0 Å². The molecule has 13 nitrogen and oxygen atoms in total. The van der Waals surface area contributed by atoms with Crippen molar-refractivity contribution in [2.75, 3.05) is 5.73 Å². The van der Waals surface area contributed by atoms with Gasteiger partial charge in [-0.3, -0.25) is 14.0 Å². The van der Waals surface area contributed by atoms with Crippen molar-refractivity contribution in [3.63, 3.8) is 0 Å². The number of halogens is 1. The summed E-state index contributed by atoms with van der Waals surface area (Å²) in [6.45, 7) is 0.325. The van der Waals surface area contributed by atoms with Gasteiger partial charge in [-0.1, -0.05) is 0 Å². The maximum atomic E-state index is 15.5. The van der Waals surface area contributed by atoms with Crippen LogP contribution in [0.2, 0.25) is 0 Å². The molecule has 14 heteroatoms. The molecule has 0 spiro atoms. The van der Waals surface area contributed by atoms with Crippen LogP contribution in [0.15, 0.2) is 66.4 Å². The van der Waals surface area contributed by atoms with Gasteiger partial charge in [0.1, 0.15) is 11.3 Å². The molecule has 0 bridgehead atoms. The highest BCUT2D eigenvalue weighted by Gasteiger charge is 2.25. The molecule has 6 aromatic rings. The highest BCUT2D eigenvalue weighted by atomic mass is 19.1. The minimum atomic E-state index is -0.711. The van der Waals surface area contributed by atoms with E-state index < -0.39 is 17.4 Å². The molecular weight excluding hydrogens is 517 g/mol. The number of fused-ring (bicyclic) bond motifs is 2. The average molecular weight is 540 g/mol. The lowest BCUT2D eigenvalue weighted by Crippen LogP contribution is -2.24. The van der Waals surface area contributed by atoms with Crippen LogP contribution in [0.1, 0.15) is 46.2 Å². The monoisotopic (exact) mass is 539 g/mol. The Morgan fingerprint density at radius 1 is 1.12 bits per heavy atom. The molecule has 6 heterocycles. The number of aromatic nitrogens is 9. The van der Waals surface area contributed by atoms with Crippen molar-refractivity contribution < 1.29 is 9.18 Å². The molecule has 1 amide bonds. The normalized spacial score (nSPS) is 13.3. The van der Waals surface area contributed by atoms with Crippen molar-refractivity contribution in [1.82, 2.24) is 48.6 Å². The molecule has 6 aromatic heterocycles. The SMILES string of the molecule is Nc1ccn(-c2ccn3cnc(CNC(=O)c4cnn(Cc5cn6nc(C7CC7)ccc6n5)c4)c3c2F)c(=O)n1. The standard InChI is InChI=1S/C26H22FN11O2/c27-23-20(37-8-6-21(28)33-26(37)40)5-7-35-14-30-19(24(23)35)10-29-25(39)16-9-31-36(11-16)12-17-13-38-22(32-17)4-3-18(34-38)15-1-2-15/h3-9,11,13-15H,1-2,10,12H2,(H,29,39)(H2,28,33,40). The van der Waals surface area contributed by atoms with Crippen LogP contribution in [-0.4, -0.2) is 49.2 Å². The van der Waals surface area contributed by atoms with Gasteiger partial charge in [-0.25, -0.2) is 23.7 Å². The molecule has 0 saturated heterocycles. The van der Waals surface area contributed by atoms with Gasteiger partial charge in [0, 0.05) is 24.5 Å². The number of hydrogen-bond donors (Lipinski definition) is 2. The van der Waals surface area contributed by atoms with Crippen LogP contribution >= 0.6 is 0 Å². The van der Waals surface area contributed by atoms with E-state index in [4.69, 9.17) is 5.73 Å². The number of anilines is 1. The highest BCUT2D eigenvalue weighted by Crippen LogP contribution is 2.38. The number of nitrogens with one attached hydrogen (secondary N) is 1. The minimum Gasteiger partial charge on any atom is -0.383 e. The lowest BCUT2D eigenvalue weighted by atomic mass is 10.2. The second-order valence-corrected chi connectivity index (χ2v) is 9.64. The lowest BCUT2D eigenvalue weighted by molar-refractivity contribution is 0.0950. The van der Waals surface area contributed by atoms with Gasteiger partial charge in [0.25, 0.3) is 5.91 Å². The lowest BCUT2D eigenvalue weighted by Gasteiger charge is -2.09. The highest BCUT2D eigenvalue weighted by molar-refractivity contribution is 5.93. The van der Waals surface area contributed by atoms with Crippen molar-refractivity contribution in [2.24, 2.45) is 0 Å². The summed E-state index contributed by atoms with van der Waals surface area (Å²) in [5.41, 5.74) is 8.17. The number of amides is 1. The van der Waals surface area contributed by atoms with E-state index in [0.29, 0.717) is 23.7 Å². The van der Waals surface area contributed by atoms with Gasteiger partial charge in [-0.2, -0.15) is 15.2 Å². The van der Waals surface area contributed by atoms with E-state index >= 15 is 4.39 Å². The number of nitrogen functional groups attached to an aromatic ring is 1. The molecule has 1 aliphatic rings. The van der Waals surface area contributed by atoms with Gasteiger partial charge < -0.3 is 15.5 Å². The Hall–Kier alpha value is -5.40. The molecule has 3 N–H and O–H groups in total. The van der Waals surface area contributed by atoms with Gasteiger partial charge in [-0.05, 0) is 37.1 Å². The van der Waals surface area contributed by atoms with Crippen molar-refractivity contribution in [3.8, 4) is 5.69 Å². The van der Waals surface area contributed by atoms with Crippen LogP contribution < -0.4 is 16.7 Å². The van der Waals surface area contributed by atoms with E-state index in [2.05, 4.69) is 30.5 Å². The summed E-state index contributed by atoms with van der Waals surface area (Å²) in [7, 11) is 0. The fourth-order valence-corrected chi connectivity index (χ4v) is 4.63. The summed E-state index contributed by atoms with van der Waals surface area (Å²) in [4.78, 5) is 37.6. The zero-order chi connectivity index (χ0) is 27.4. The number of imidazole rings is 2. The van der Waals surface area contributed by atoms with E-state index in [1.807, 2.05) is 18.3 Å². The first kappa shape index (κ1) is 23.7. The zero-order valence-electron chi connectivity index (χ0n) is 21.0.